The smallest absolute Gasteiger partial charge is 0.406 e. The maximum absolute atomic E-state index is 12.8. The van der Waals surface area contributed by atoms with Crippen molar-refractivity contribution in [3.8, 4) is 22.8 Å². The van der Waals surface area contributed by atoms with Crippen LogP contribution in [0.5, 0.6) is 5.75 Å². The third kappa shape index (κ3) is 8.48. The molecule has 12 heteroatoms. The van der Waals surface area contributed by atoms with Crippen LogP contribution in [0.1, 0.15) is 48.4 Å². The van der Waals surface area contributed by atoms with Gasteiger partial charge < -0.3 is 15.0 Å². The Morgan fingerprint density at radius 2 is 1.74 bits per heavy atom. The molecule has 1 saturated heterocycles. The first kappa shape index (κ1) is 33.1. The molecule has 0 spiro atoms. The number of amides is 2. The molecule has 1 aliphatic heterocycles. The van der Waals surface area contributed by atoms with Gasteiger partial charge in [-0.1, -0.05) is 53.7 Å². The van der Waals surface area contributed by atoms with Crippen molar-refractivity contribution in [2.24, 2.45) is 4.99 Å². The molecule has 1 N–H and O–H groups in total. The summed E-state index contributed by atoms with van der Waals surface area (Å²) in [5.74, 6) is 1.14. The van der Waals surface area contributed by atoms with E-state index < -0.39 is 6.36 Å². The van der Waals surface area contributed by atoms with Gasteiger partial charge in [0, 0.05) is 29.6 Å². The number of aryl methyl sites for hydroxylation is 4. The lowest BCUT2D eigenvalue weighted by molar-refractivity contribution is -0.274. The van der Waals surface area contributed by atoms with Crippen LogP contribution in [0.15, 0.2) is 72.0 Å². The zero-order valence-electron chi connectivity index (χ0n) is 26.3. The minimum absolute atomic E-state index is 0.258. The Balaban J connectivity index is 1.10. The van der Waals surface area contributed by atoms with Gasteiger partial charge in [0.15, 0.2) is 11.0 Å². The van der Waals surface area contributed by atoms with Gasteiger partial charge in [-0.3, -0.25) is 0 Å². The van der Waals surface area contributed by atoms with Crippen molar-refractivity contribution in [1.82, 2.24) is 20.1 Å². The van der Waals surface area contributed by atoms with Crippen LogP contribution in [0.25, 0.3) is 17.1 Å². The lowest BCUT2D eigenvalue weighted by Gasteiger charge is -2.37. The van der Waals surface area contributed by atoms with Crippen molar-refractivity contribution in [1.29, 1.82) is 0 Å². The van der Waals surface area contributed by atoms with Crippen molar-refractivity contribution >= 4 is 28.6 Å². The number of rotatable bonds is 9. The molecule has 46 heavy (non-hydrogen) atoms. The molecule has 1 atom stereocenters. The van der Waals surface area contributed by atoms with Crippen molar-refractivity contribution in [2.75, 3.05) is 17.2 Å². The first-order chi connectivity index (χ1) is 22.0. The zero-order valence-corrected chi connectivity index (χ0v) is 27.1. The van der Waals surface area contributed by atoms with Gasteiger partial charge in [-0.15, -0.1) is 18.3 Å². The summed E-state index contributed by atoms with van der Waals surface area (Å²) < 4.78 is 42.6. The number of anilines is 1. The number of aliphatic imine (C=N–C) groups is 1. The van der Waals surface area contributed by atoms with Crippen LogP contribution in [0, 0.1) is 20.8 Å². The number of carbonyl (C=O) groups excluding carboxylic acids is 1. The van der Waals surface area contributed by atoms with E-state index in [0.717, 1.165) is 53.4 Å². The lowest BCUT2D eigenvalue weighted by atomic mass is 10.0. The normalized spacial score (nSPS) is 16.1. The molecule has 1 aromatic heterocycles. The summed E-state index contributed by atoms with van der Waals surface area (Å²) in [6.45, 7) is 9.05. The summed E-state index contributed by atoms with van der Waals surface area (Å²) in [4.78, 5) is 23.8. The van der Waals surface area contributed by atoms with Gasteiger partial charge in [-0.05, 0) is 94.3 Å². The van der Waals surface area contributed by atoms with Gasteiger partial charge in [0.1, 0.15) is 12.1 Å². The molecule has 4 aromatic rings. The highest BCUT2D eigenvalue weighted by Crippen LogP contribution is 2.34. The summed E-state index contributed by atoms with van der Waals surface area (Å²) in [7, 11) is 0. The number of alkyl halides is 3. The predicted molar refractivity (Wildman–Crippen MR) is 177 cm³/mol. The van der Waals surface area contributed by atoms with Gasteiger partial charge in [-0.2, -0.15) is 4.99 Å². The number of nitrogens with one attached hydrogen (secondary N) is 1. The van der Waals surface area contributed by atoms with Crippen LogP contribution < -0.4 is 15.0 Å². The van der Waals surface area contributed by atoms with Crippen molar-refractivity contribution < 1.29 is 22.7 Å². The van der Waals surface area contributed by atoms with E-state index in [-0.39, 0.29) is 17.8 Å². The standard InChI is InChI=1S/C34H37F3N6O2S/c1-22-19-23(2)30(24(3)20-22)43-25(4)16-18-46-33(43)40-32(44)38-17-6-5-7-26-8-10-27(11-9-26)31-39-21-42(41-31)28-12-14-29(15-13-28)45-34(35,36)37/h8-15,19-21,25H,5-7,16-18H2,1-4H3,(H,38,44)/b40-33-. The fourth-order valence-electron chi connectivity index (χ4n) is 5.58. The minimum atomic E-state index is -4.74. The monoisotopic (exact) mass is 650 g/mol. The molecule has 2 amide bonds. The van der Waals surface area contributed by atoms with Crippen LogP contribution in [0.3, 0.4) is 0 Å². The number of urea groups is 1. The molecule has 5 rings (SSSR count). The fraction of sp³-hybridized carbons (Fsp3) is 0.353. The Hall–Kier alpha value is -4.32. The number of thioether (sulfide) groups is 1. The minimum Gasteiger partial charge on any atom is -0.406 e. The van der Waals surface area contributed by atoms with Gasteiger partial charge >= 0.3 is 12.4 Å². The SMILES string of the molecule is Cc1cc(C)c(N2/C(=N/C(=O)NCCCCc3ccc(-c4ncn(-c5ccc(OC(F)(F)F)cc5)n4)cc3)SCCC2C)c(C)c1. The number of halogens is 3. The molecule has 0 aliphatic carbocycles. The molecule has 3 aromatic carbocycles. The van der Waals surface area contributed by atoms with Crippen molar-refractivity contribution in [2.45, 2.75) is 65.8 Å². The van der Waals surface area contributed by atoms with E-state index >= 15 is 0 Å². The van der Waals surface area contributed by atoms with Gasteiger partial charge in [0.05, 0.1) is 5.69 Å². The van der Waals surface area contributed by atoms with E-state index in [4.69, 9.17) is 0 Å². The molecule has 0 bridgehead atoms. The van der Waals surface area contributed by atoms with Crippen LogP contribution in [0.4, 0.5) is 23.7 Å². The Bertz CT molecular complexity index is 1660. The number of hydrogen-bond donors (Lipinski definition) is 1. The highest BCUT2D eigenvalue weighted by atomic mass is 32.2. The highest BCUT2D eigenvalue weighted by Gasteiger charge is 2.31. The third-order valence-electron chi connectivity index (χ3n) is 7.69. The summed E-state index contributed by atoms with van der Waals surface area (Å²) in [6.07, 6.45) is 0.372. The number of carbonyl (C=O) groups is 1. The number of amidine groups is 1. The first-order valence-corrected chi connectivity index (χ1v) is 16.2. The maximum atomic E-state index is 12.8. The number of nitrogens with zero attached hydrogens (tertiary/aromatic N) is 5. The molecule has 1 unspecified atom stereocenters. The summed E-state index contributed by atoms with van der Waals surface area (Å²) in [5.41, 5.74) is 7.27. The molecule has 2 heterocycles. The Morgan fingerprint density at radius 3 is 2.41 bits per heavy atom. The third-order valence-corrected chi connectivity index (χ3v) is 8.68. The molecule has 0 saturated carbocycles. The first-order valence-electron chi connectivity index (χ1n) is 15.2. The Morgan fingerprint density at radius 1 is 1.04 bits per heavy atom. The maximum Gasteiger partial charge on any atom is 0.573 e. The average molecular weight is 651 g/mol. The van der Waals surface area contributed by atoms with E-state index in [1.54, 1.807) is 11.8 Å². The number of ether oxygens (including phenoxy) is 1. The number of hydrogen-bond acceptors (Lipinski definition) is 5. The lowest BCUT2D eigenvalue weighted by Crippen LogP contribution is -2.43. The summed E-state index contributed by atoms with van der Waals surface area (Å²) in [5, 5.41) is 8.16. The topological polar surface area (TPSA) is 84.6 Å². The van der Waals surface area contributed by atoms with E-state index in [2.05, 4.69) is 69.9 Å². The molecule has 1 aliphatic rings. The number of aromatic nitrogens is 3. The molecular weight excluding hydrogens is 613 g/mol. The van der Waals surface area contributed by atoms with Crippen molar-refractivity contribution in [3.05, 3.63) is 89.2 Å². The second kappa shape index (κ2) is 14.4. The van der Waals surface area contributed by atoms with Gasteiger partial charge in [0.2, 0.25) is 0 Å². The molecule has 0 radical (unpaired) electrons. The largest absolute Gasteiger partial charge is 0.573 e. The molecule has 1 fully saturated rings. The highest BCUT2D eigenvalue weighted by molar-refractivity contribution is 8.14. The van der Waals surface area contributed by atoms with Crippen LogP contribution in [-0.4, -0.2) is 50.7 Å². The second-order valence-electron chi connectivity index (χ2n) is 11.4. The number of unbranched alkanes of at least 4 members (excludes halogenated alkanes) is 1. The number of benzene rings is 3. The van der Waals surface area contributed by atoms with E-state index in [1.807, 2.05) is 24.3 Å². The molecule has 8 nitrogen and oxygen atoms in total. The van der Waals surface area contributed by atoms with Crippen molar-refractivity contribution in [3.63, 3.8) is 0 Å². The van der Waals surface area contributed by atoms with Crippen LogP contribution in [-0.2, 0) is 6.42 Å². The average Bonchev–Trinajstić information content (AvgIpc) is 3.48. The predicted octanol–water partition coefficient (Wildman–Crippen LogP) is 8.18. The van der Waals surface area contributed by atoms with E-state index in [9.17, 15) is 18.0 Å². The van der Waals surface area contributed by atoms with Gasteiger partial charge in [-0.25, -0.2) is 14.5 Å². The Kier molecular flexibility index (Phi) is 10.4. The second-order valence-corrected chi connectivity index (χ2v) is 12.5. The molecular formula is C34H37F3N6O2S. The van der Waals surface area contributed by atoms with E-state index in [0.29, 0.717) is 18.1 Å². The van der Waals surface area contributed by atoms with Crippen LogP contribution >= 0.6 is 11.8 Å². The zero-order chi connectivity index (χ0) is 32.8. The quantitative estimate of drug-likeness (QED) is 0.184. The Labute approximate surface area is 271 Å². The molecule has 242 valence electrons. The van der Waals surface area contributed by atoms with Gasteiger partial charge in [0.25, 0.3) is 0 Å². The fourth-order valence-corrected chi connectivity index (χ4v) is 6.78. The summed E-state index contributed by atoms with van der Waals surface area (Å²) in [6, 6.07) is 17.7. The van der Waals surface area contributed by atoms with E-state index in [1.165, 1.54) is 52.0 Å². The van der Waals surface area contributed by atoms with Crippen LogP contribution in [0.2, 0.25) is 0 Å². The summed E-state index contributed by atoms with van der Waals surface area (Å²) >= 11 is 1.63.